The van der Waals surface area contributed by atoms with Gasteiger partial charge < -0.3 is 16.4 Å². The molecule has 150 valence electrons. The Morgan fingerprint density at radius 2 is 1.72 bits per heavy atom. The quantitative estimate of drug-likeness (QED) is 0.595. The summed E-state index contributed by atoms with van der Waals surface area (Å²) < 4.78 is 39.9. The number of carbonyl (C=O) groups excluding carboxylic acids is 2. The van der Waals surface area contributed by atoms with Crippen LogP contribution in [0, 0.1) is 17.5 Å². The fourth-order valence-electron chi connectivity index (χ4n) is 2.58. The van der Waals surface area contributed by atoms with Crippen LogP contribution >= 0.6 is 11.3 Å². The van der Waals surface area contributed by atoms with E-state index in [-0.39, 0.29) is 21.4 Å². The van der Waals surface area contributed by atoms with Gasteiger partial charge in [0.2, 0.25) is 11.7 Å². The summed E-state index contributed by atoms with van der Waals surface area (Å²) in [5, 5.41) is 0.159. The molecule has 0 saturated carbocycles. The van der Waals surface area contributed by atoms with Crippen LogP contribution in [0.3, 0.4) is 0 Å². The molecule has 4 N–H and O–H groups in total. The highest BCUT2D eigenvalue weighted by molar-refractivity contribution is 7.18. The number of rotatable bonds is 6. The first-order valence-corrected chi connectivity index (χ1v) is 9.11. The van der Waals surface area contributed by atoms with Crippen molar-refractivity contribution in [3.8, 4) is 0 Å². The third-order valence-electron chi connectivity index (χ3n) is 4.14. The summed E-state index contributed by atoms with van der Waals surface area (Å²) in [5.41, 5.74) is 11.6. The standard InChI is InChI=1S/C19H15F3N4O2S/c1-9(18(24)28)26(12-5-3-11(20)4-6-12)19-25-17(23)16(29-19)15(27)10-2-7-13(21)14(22)8-10/h2-9H,23H2,1H3,(H2,24,28)/t9-/m1/s1. The van der Waals surface area contributed by atoms with Crippen molar-refractivity contribution in [2.45, 2.75) is 13.0 Å². The van der Waals surface area contributed by atoms with Gasteiger partial charge in [0.05, 0.1) is 0 Å². The lowest BCUT2D eigenvalue weighted by molar-refractivity contribution is -0.118. The molecule has 1 amide bonds. The van der Waals surface area contributed by atoms with Gasteiger partial charge in [-0.2, -0.15) is 0 Å². The van der Waals surface area contributed by atoms with E-state index in [1.54, 1.807) is 0 Å². The molecule has 1 atom stereocenters. The van der Waals surface area contributed by atoms with E-state index in [1.165, 1.54) is 36.1 Å². The number of nitrogens with two attached hydrogens (primary N) is 2. The molecular formula is C19H15F3N4O2S. The summed E-state index contributed by atoms with van der Waals surface area (Å²) in [6.45, 7) is 1.51. The molecule has 0 aliphatic rings. The molecule has 0 fully saturated rings. The van der Waals surface area contributed by atoms with Gasteiger partial charge in [0.25, 0.3) is 0 Å². The molecule has 3 rings (SSSR count). The van der Waals surface area contributed by atoms with Crippen LogP contribution in [0.25, 0.3) is 0 Å². The number of hydrogen-bond acceptors (Lipinski definition) is 6. The maximum Gasteiger partial charge on any atom is 0.240 e. The van der Waals surface area contributed by atoms with Gasteiger partial charge >= 0.3 is 0 Å². The number of anilines is 3. The van der Waals surface area contributed by atoms with E-state index >= 15 is 0 Å². The number of ketones is 1. The highest BCUT2D eigenvalue weighted by Crippen LogP contribution is 2.36. The molecule has 10 heteroatoms. The van der Waals surface area contributed by atoms with Crippen molar-refractivity contribution in [2.24, 2.45) is 5.73 Å². The topological polar surface area (TPSA) is 102 Å². The van der Waals surface area contributed by atoms with Crippen molar-refractivity contribution in [1.29, 1.82) is 0 Å². The molecule has 1 aromatic heterocycles. The Hall–Kier alpha value is -3.40. The van der Waals surface area contributed by atoms with Crippen LogP contribution in [0.2, 0.25) is 0 Å². The number of primary amides is 1. The number of hydrogen-bond donors (Lipinski definition) is 2. The fraction of sp³-hybridized carbons (Fsp3) is 0.105. The van der Waals surface area contributed by atoms with Gasteiger partial charge in [-0.15, -0.1) is 0 Å². The Labute approximate surface area is 167 Å². The molecule has 0 unspecified atom stereocenters. The second-order valence-electron chi connectivity index (χ2n) is 6.09. The number of amides is 1. The summed E-state index contributed by atoms with van der Waals surface area (Å²) in [4.78, 5) is 30.0. The molecule has 0 spiro atoms. The summed E-state index contributed by atoms with van der Waals surface area (Å²) in [5.74, 6) is -4.23. The molecule has 1 heterocycles. The Morgan fingerprint density at radius 1 is 1.07 bits per heavy atom. The normalized spacial score (nSPS) is 11.9. The van der Waals surface area contributed by atoms with Gasteiger partial charge in [-0.25, -0.2) is 18.2 Å². The van der Waals surface area contributed by atoms with Gasteiger partial charge in [-0.05, 0) is 49.4 Å². The van der Waals surface area contributed by atoms with Crippen LogP contribution < -0.4 is 16.4 Å². The monoisotopic (exact) mass is 420 g/mol. The zero-order chi connectivity index (χ0) is 21.3. The van der Waals surface area contributed by atoms with Gasteiger partial charge in [0.15, 0.2) is 16.8 Å². The number of nitrogens with zero attached hydrogens (tertiary/aromatic N) is 2. The van der Waals surface area contributed by atoms with Gasteiger partial charge in [-0.3, -0.25) is 9.59 Å². The fourth-order valence-corrected chi connectivity index (χ4v) is 3.63. The van der Waals surface area contributed by atoms with Crippen molar-refractivity contribution >= 4 is 39.7 Å². The zero-order valence-electron chi connectivity index (χ0n) is 15.0. The number of aromatic nitrogens is 1. The first kappa shape index (κ1) is 20.3. The minimum Gasteiger partial charge on any atom is -0.382 e. The van der Waals surface area contributed by atoms with Crippen molar-refractivity contribution in [1.82, 2.24) is 4.98 Å². The number of benzene rings is 2. The maximum atomic E-state index is 13.5. The van der Waals surface area contributed by atoms with Crippen LogP contribution in [-0.4, -0.2) is 22.7 Å². The lowest BCUT2D eigenvalue weighted by Crippen LogP contribution is -2.39. The molecule has 0 aliphatic heterocycles. The van der Waals surface area contributed by atoms with Crippen LogP contribution in [0.5, 0.6) is 0 Å². The van der Waals surface area contributed by atoms with E-state index in [4.69, 9.17) is 11.5 Å². The predicted octanol–water partition coefficient (Wildman–Crippen LogP) is 3.39. The molecule has 0 bridgehead atoms. The third kappa shape index (κ3) is 4.06. The Bertz CT molecular complexity index is 1090. The molecule has 29 heavy (non-hydrogen) atoms. The second-order valence-corrected chi connectivity index (χ2v) is 7.07. The minimum absolute atomic E-state index is 0.0187. The molecule has 2 aromatic carbocycles. The van der Waals surface area contributed by atoms with Gasteiger partial charge in [-0.1, -0.05) is 11.3 Å². The van der Waals surface area contributed by atoms with E-state index in [9.17, 15) is 22.8 Å². The van der Waals surface area contributed by atoms with Crippen LogP contribution in [-0.2, 0) is 4.79 Å². The average molecular weight is 420 g/mol. The third-order valence-corrected chi connectivity index (χ3v) is 5.21. The number of carbonyl (C=O) groups is 2. The van der Waals surface area contributed by atoms with Crippen molar-refractivity contribution in [3.63, 3.8) is 0 Å². The Kier molecular flexibility index (Phi) is 5.55. The highest BCUT2D eigenvalue weighted by atomic mass is 32.1. The molecule has 3 aromatic rings. The molecule has 0 radical (unpaired) electrons. The number of thiazole rings is 1. The summed E-state index contributed by atoms with van der Waals surface area (Å²) in [7, 11) is 0. The maximum absolute atomic E-state index is 13.5. The number of halogens is 3. The number of nitrogen functional groups attached to an aromatic ring is 1. The lowest BCUT2D eigenvalue weighted by atomic mass is 10.1. The molecule has 0 aliphatic carbocycles. The van der Waals surface area contributed by atoms with E-state index in [0.717, 1.165) is 29.5 Å². The smallest absolute Gasteiger partial charge is 0.240 e. The lowest BCUT2D eigenvalue weighted by Gasteiger charge is -2.26. The second kappa shape index (κ2) is 7.92. The minimum atomic E-state index is -1.17. The first-order valence-electron chi connectivity index (χ1n) is 8.29. The summed E-state index contributed by atoms with van der Waals surface area (Å²) >= 11 is 0.848. The van der Waals surface area contributed by atoms with Crippen molar-refractivity contribution < 1.29 is 22.8 Å². The van der Waals surface area contributed by atoms with Gasteiger partial charge in [0, 0.05) is 11.3 Å². The van der Waals surface area contributed by atoms with E-state index in [1.807, 2.05) is 0 Å². The summed E-state index contributed by atoms with van der Waals surface area (Å²) in [6.07, 6.45) is 0. The SMILES string of the molecule is C[C@H](C(N)=O)N(c1ccc(F)cc1)c1nc(N)c(C(=O)c2ccc(F)c(F)c2)s1. The first-order chi connectivity index (χ1) is 13.7. The van der Waals surface area contributed by atoms with Crippen LogP contribution in [0.1, 0.15) is 22.2 Å². The predicted molar refractivity (Wildman–Crippen MR) is 104 cm³/mol. The van der Waals surface area contributed by atoms with Crippen molar-refractivity contribution in [2.75, 3.05) is 10.6 Å². The van der Waals surface area contributed by atoms with E-state index in [0.29, 0.717) is 5.69 Å². The average Bonchev–Trinajstić information content (AvgIpc) is 3.06. The summed E-state index contributed by atoms with van der Waals surface area (Å²) in [6, 6.07) is 7.06. The molecular weight excluding hydrogens is 405 g/mol. The molecule has 6 nitrogen and oxygen atoms in total. The van der Waals surface area contributed by atoms with E-state index < -0.39 is 35.2 Å². The van der Waals surface area contributed by atoms with E-state index in [2.05, 4.69) is 4.98 Å². The van der Waals surface area contributed by atoms with Gasteiger partial charge in [0.1, 0.15) is 22.6 Å². The van der Waals surface area contributed by atoms with Crippen molar-refractivity contribution in [3.05, 3.63) is 70.4 Å². The zero-order valence-corrected chi connectivity index (χ0v) is 15.8. The largest absolute Gasteiger partial charge is 0.382 e. The Morgan fingerprint density at radius 3 is 2.31 bits per heavy atom. The van der Waals surface area contributed by atoms with Crippen LogP contribution in [0.15, 0.2) is 42.5 Å². The molecule has 0 saturated heterocycles. The highest BCUT2D eigenvalue weighted by Gasteiger charge is 2.27. The Balaban J connectivity index is 2.04. The van der Waals surface area contributed by atoms with Crippen LogP contribution in [0.4, 0.5) is 29.8 Å².